The van der Waals surface area contributed by atoms with Crippen molar-refractivity contribution in [3.63, 3.8) is 0 Å². The molecule has 1 heterocycles. The second kappa shape index (κ2) is 5.87. The average Bonchev–Trinajstić information content (AvgIpc) is 2.81. The zero-order valence-electron chi connectivity index (χ0n) is 12.8. The number of esters is 1. The molecule has 2 N–H and O–H groups in total. The third-order valence-electron chi connectivity index (χ3n) is 3.23. The molecule has 0 radical (unpaired) electrons. The van der Waals surface area contributed by atoms with Gasteiger partial charge in [0.15, 0.2) is 5.69 Å². The van der Waals surface area contributed by atoms with Gasteiger partial charge in [0.05, 0.1) is 12.3 Å². The molecule has 0 aliphatic heterocycles. The Kier molecular flexibility index (Phi) is 4.16. The van der Waals surface area contributed by atoms with Gasteiger partial charge in [-0.15, -0.1) is 0 Å². The molecule has 0 fully saturated rings. The number of anilines is 2. The number of nitrogens with zero attached hydrogens (tertiary/aromatic N) is 3. The lowest BCUT2D eigenvalue weighted by atomic mass is 10.1. The highest BCUT2D eigenvalue weighted by atomic mass is 16.5. The van der Waals surface area contributed by atoms with Crippen molar-refractivity contribution in [2.75, 3.05) is 31.3 Å². The summed E-state index contributed by atoms with van der Waals surface area (Å²) >= 11 is 0. The van der Waals surface area contributed by atoms with Gasteiger partial charge in [0.2, 0.25) is 0 Å². The number of hydrogen-bond acceptors (Lipinski definition) is 5. The summed E-state index contributed by atoms with van der Waals surface area (Å²) in [5, 5.41) is 0. The summed E-state index contributed by atoms with van der Waals surface area (Å²) in [5.74, 6) is -0.226. The molecule has 112 valence electrons. The zero-order chi connectivity index (χ0) is 15.6. The average molecular weight is 288 g/mol. The molecule has 1 aromatic heterocycles. The Labute approximate surface area is 124 Å². The summed E-state index contributed by atoms with van der Waals surface area (Å²) in [5.41, 5.74) is 9.25. The zero-order valence-corrected chi connectivity index (χ0v) is 12.8. The summed E-state index contributed by atoms with van der Waals surface area (Å²) in [6.07, 6.45) is 1.53. The molecule has 0 aliphatic carbocycles. The van der Waals surface area contributed by atoms with Crippen LogP contribution in [0.1, 0.15) is 23.0 Å². The van der Waals surface area contributed by atoms with E-state index in [-0.39, 0.29) is 11.5 Å². The van der Waals surface area contributed by atoms with Crippen LogP contribution in [0.3, 0.4) is 0 Å². The molecule has 0 saturated carbocycles. The van der Waals surface area contributed by atoms with Crippen molar-refractivity contribution < 1.29 is 9.53 Å². The first-order valence-corrected chi connectivity index (χ1v) is 6.74. The highest BCUT2D eigenvalue weighted by molar-refractivity contribution is 5.92. The number of benzene rings is 1. The van der Waals surface area contributed by atoms with Gasteiger partial charge < -0.3 is 15.4 Å². The molecule has 0 spiro atoms. The molecule has 0 bridgehead atoms. The highest BCUT2D eigenvalue weighted by Crippen LogP contribution is 2.24. The fraction of sp³-hybridized carbons (Fsp3) is 0.333. The highest BCUT2D eigenvalue weighted by Gasteiger charge is 2.18. The molecule has 6 heteroatoms. The van der Waals surface area contributed by atoms with E-state index in [0.717, 1.165) is 16.9 Å². The molecule has 2 aromatic rings. The number of ether oxygens (including phenoxy) is 1. The summed E-state index contributed by atoms with van der Waals surface area (Å²) in [7, 11) is 3.96. The van der Waals surface area contributed by atoms with E-state index in [9.17, 15) is 4.79 Å². The standard InChI is InChI=1S/C15H20N4O2/c1-5-21-15(20)13-14(16)19(9-17-13)11-7-6-10(2)12(8-11)18(3)4/h6-9H,5,16H2,1-4H3. The van der Waals surface area contributed by atoms with E-state index in [0.29, 0.717) is 6.61 Å². The molecule has 0 amide bonds. The van der Waals surface area contributed by atoms with Crippen LogP contribution in [0.4, 0.5) is 11.5 Å². The molecule has 6 nitrogen and oxygen atoms in total. The fourth-order valence-corrected chi connectivity index (χ4v) is 2.15. The van der Waals surface area contributed by atoms with Crippen LogP contribution in [0.25, 0.3) is 5.69 Å². The SMILES string of the molecule is CCOC(=O)c1ncn(-c2ccc(C)c(N(C)C)c2)c1N. The molecule has 0 aliphatic rings. The van der Waals surface area contributed by atoms with E-state index in [1.165, 1.54) is 6.33 Å². The summed E-state index contributed by atoms with van der Waals surface area (Å²) < 4.78 is 6.62. The number of rotatable bonds is 4. The molecular formula is C15H20N4O2. The van der Waals surface area contributed by atoms with Gasteiger partial charge in [-0.25, -0.2) is 9.78 Å². The minimum absolute atomic E-state index is 0.142. The van der Waals surface area contributed by atoms with Gasteiger partial charge in [-0.1, -0.05) is 6.07 Å². The lowest BCUT2D eigenvalue weighted by molar-refractivity contribution is 0.0521. The third kappa shape index (κ3) is 2.84. The maximum atomic E-state index is 11.8. The van der Waals surface area contributed by atoms with Gasteiger partial charge in [0, 0.05) is 19.8 Å². The van der Waals surface area contributed by atoms with Crippen molar-refractivity contribution in [1.29, 1.82) is 0 Å². The number of carbonyl (C=O) groups excluding carboxylic acids is 1. The Balaban J connectivity index is 2.44. The van der Waals surface area contributed by atoms with Crippen LogP contribution in [0.15, 0.2) is 24.5 Å². The van der Waals surface area contributed by atoms with Crippen LogP contribution in [-0.2, 0) is 4.74 Å². The van der Waals surface area contributed by atoms with E-state index in [4.69, 9.17) is 10.5 Å². The van der Waals surface area contributed by atoms with Gasteiger partial charge >= 0.3 is 5.97 Å². The van der Waals surface area contributed by atoms with Crippen molar-refractivity contribution in [2.45, 2.75) is 13.8 Å². The van der Waals surface area contributed by atoms with Gasteiger partial charge in [-0.3, -0.25) is 4.57 Å². The van der Waals surface area contributed by atoms with Gasteiger partial charge in [-0.2, -0.15) is 0 Å². The number of imidazole rings is 1. The predicted molar refractivity (Wildman–Crippen MR) is 83.0 cm³/mol. The number of carbonyl (C=O) groups is 1. The van der Waals surface area contributed by atoms with Crippen LogP contribution in [0, 0.1) is 6.92 Å². The number of nitrogen functional groups attached to an aromatic ring is 1. The first-order valence-electron chi connectivity index (χ1n) is 6.74. The maximum Gasteiger partial charge on any atom is 0.360 e. The molecular weight excluding hydrogens is 268 g/mol. The Morgan fingerprint density at radius 2 is 2.14 bits per heavy atom. The van der Waals surface area contributed by atoms with Crippen molar-refractivity contribution in [3.8, 4) is 5.69 Å². The Morgan fingerprint density at radius 3 is 2.76 bits per heavy atom. The lowest BCUT2D eigenvalue weighted by Gasteiger charge is -2.17. The Morgan fingerprint density at radius 1 is 1.43 bits per heavy atom. The lowest BCUT2D eigenvalue weighted by Crippen LogP contribution is -2.12. The quantitative estimate of drug-likeness (QED) is 0.871. The minimum Gasteiger partial charge on any atom is -0.461 e. The summed E-state index contributed by atoms with van der Waals surface area (Å²) in [6, 6.07) is 5.95. The maximum absolute atomic E-state index is 11.8. The monoisotopic (exact) mass is 288 g/mol. The normalized spacial score (nSPS) is 10.5. The molecule has 2 rings (SSSR count). The van der Waals surface area contributed by atoms with E-state index < -0.39 is 5.97 Å². The second-order valence-corrected chi connectivity index (χ2v) is 4.93. The van der Waals surface area contributed by atoms with Crippen LogP contribution >= 0.6 is 0 Å². The van der Waals surface area contributed by atoms with E-state index >= 15 is 0 Å². The largest absolute Gasteiger partial charge is 0.461 e. The first-order chi connectivity index (χ1) is 9.95. The molecule has 21 heavy (non-hydrogen) atoms. The van der Waals surface area contributed by atoms with Crippen LogP contribution in [0.5, 0.6) is 0 Å². The number of nitrogens with two attached hydrogens (primary N) is 1. The smallest absolute Gasteiger partial charge is 0.360 e. The number of hydrogen-bond donors (Lipinski definition) is 1. The summed E-state index contributed by atoms with van der Waals surface area (Å²) in [6.45, 7) is 4.08. The van der Waals surface area contributed by atoms with E-state index in [1.54, 1.807) is 11.5 Å². The molecule has 0 saturated heterocycles. The topological polar surface area (TPSA) is 73.4 Å². The van der Waals surface area contributed by atoms with E-state index in [2.05, 4.69) is 4.98 Å². The molecule has 0 atom stereocenters. The second-order valence-electron chi connectivity index (χ2n) is 4.93. The third-order valence-corrected chi connectivity index (χ3v) is 3.23. The fourth-order valence-electron chi connectivity index (χ4n) is 2.15. The van der Waals surface area contributed by atoms with E-state index in [1.807, 2.05) is 44.1 Å². The van der Waals surface area contributed by atoms with Gasteiger partial charge in [0.25, 0.3) is 0 Å². The Hall–Kier alpha value is -2.50. The van der Waals surface area contributed by atoms with Crippen molar-refractivity contribution in [3.05, 3.63) is 35.8 Å². The molecule has 0 unspecified atom stereocenters. The van der Waals surface area contributed by atoms with Crippen molar-refractivity contribution in [1.82, 2.24) is 9.55 Å². The predicted octanol–water partition coefficient (Wildman–Crippen LogP) is 2.01. The number of aryl methyl sites for hydroxylation is 1. The van der Waals surface area contributed by atoms with Crippen molar-refractivity contribution >= 4 is 17.5 Å². The minimum atomic E-state index is -0.506. The number of aromatic nitrogens is 2. The van der Waals surface area contributed by atoms with Crippen molar-refractivity contribution in [2.24, 2.45) is 0 Å². The first kappa shape index (κ1) is 14.9. The van der Waals surface area contributed by atoms with Gasteiger partial charge in [0.1, 0.15) is 12.1 Å². The van der Waals surface area contributed by atoms with Crippen LogP contribution < -0.4 is 10.6 Å². The Bertz CT molecular complexity index is 662. The van der Waals surface area contributed by atoms with Crippen LogP contribution in [-0.4, -0.2) is 36.2 Å². The summed E-state index contributed by atoms with van der Waals surface area (Å²) in [4.78, 5) is 17.8. The molecule has 1 aromatic carbocycles. The van der Waals surface area contributed by atoms with Crippen LogP contribution in [0.2, 0.25) is 0 Å². The van der Waals surface area contributed by atoms with Gasteiger partial charge in [-0.05, 0) is 31.5 Å².